The quantitative estimate of drug-likeness (QED) is 0.503. The minimum Gasteiger partial charge on any atom is -0.389 e. The highest BCUT2D eigenvalue weighted by atomic mass is 16.6. The Morgan fingerprint density at radius 2 is 2.12 bits per heavy atom. The van der Waals surface area contributed by atoms with Gasteiger partial charge in [-0.1, -0.05) is 12.1 Å². The van der Waals surface area contributed by atoms with Crippen molar-refractivity contribution in [1.82, 2.24) is 0 Å². The number of nitro groups is 1. The van der Waals surface area contributed by atoms with Crippen LogP contribution in [0.2, 0.25) is 0 Å². The van der Waals surface area contributed by atoms with Crippen LogP contribution in [0.3, 0.4) is 0 Å². The molecule has 0 radical (unpaired) electrons. The van der Waals surface area contributed by atoms with Gasteiger partial charge in [0.05, 0.1) is 11.0 Å². The number of nitro benzene ring substituents is 1. The van der Waals surface area contributed by atoms with E-state index in [1.54, 1.807) is 6.92 Å². The summed E-state index contributed by atoms with van der Waals surface area (Å²) in [6, 6.07) is 4.31. The van der Waals surface area contributed by atoms with Gasteiger partial charge in [0.2, 0.25) is 0 Å². The third kappa shape index (κ3) is 2.54. The third-order valence-electron chi connectivity index (χ3n) is 2.38. The van der Waals surface area contributed by atoms with Gasteiger partial charge in [-0.05, 0) is 12.5 Å². The summed E-state index contributed by atoms with van der Waals surface area (Å²) in [6.07, 6.45) is -2.33. The Morgan fingerprint density at radius 3 is 2.62 bits per heavy atom. The van der Waals surface area contributed by atoms with Gasteiger partial charge in [0.15, 0.2) is 0 Å². The molecular weight excluding hydrogens is 212 g/mol. The van der Waals surface area contributed by atoms with Crippen LogP contribution < -0.4 is 5.73 Å². The molecule has 4 N–H and O–H groups in total. The minimum absolute atomic E-state index is 0.0826. The van der Waals surface area contributed by atoms with Gasteiger partial charge in [-0.15, -0.1) is 0 Å². The fraction of sp³-hybridized carbons (Fsp3) is 0.400. The van der Waals surface area contributed by atoms with E-state index in [0.29, 0.717) is 5.56 Å². The van der Waals surface area contributed by atoms with Crippen molar-refractivity contribution in [3.8, 4) is 0 Å². The molecule has 0 aliphatic rings. The first-order valence-electron chi connectivity index (χ1n) is 4.78. The molecule has 1 aromatic carbocycles. The van der Waals surface area contributed by atoms with Crippen LogP contribution in [0.25, 0.3) is 0 Å². The lowest BCUT2D eigenvalue weighted by Crippen LogP contribution is -2.27. The molecule has 1 aromatic rings. The monoisotopic (exact) mass is 226 g/mol. The highest BCUT2D eigenvalue weighted by Gasteiger charge is 2.20. The highest BCUT2D eigenvalue weighted by Crippen LogP contribution is 2.24. The second-order valence-corrected chi connectivity index (χ2v) is 3.55. The van der Waals surface area contributed by atoms with E-state index in [0.717, 1.165) is 0 Å². The van der Waals surface area contributed by atoms with Gasteiger partial charge in [-0.3, -0.25) is 10.1 Å². The van der Waals surface area contributed by atoms with Gasteiger partial charge in [-0.2, -0.15) is 0 Å². The van der Waals surface area contributed by atoms with Crippen molar-refractivity contribution in [2.75, 3.05) is 6.54 Å². The number of nitrogens with zero attached hydrogens (tertiary/aromatic N) is 1. The number of aliphatic hydroxyl groups excluding tert-OH is 2. The molecule has 0 aliphatic heterocycles. The molecule has 2 atom stereocenters. The summed E-state index contributed by atoms with van der Waals surface area (Å²) in [6.45, 7) is 1.50. The zero-order valence-electron chi connectivity index (χ0n) is 8.83. The van der Waals surface area contributed by atoms with E-state index in [2.05, 4.69) is 0 Å². The van der Waals surface area contributed by atoms with Crippen molar-refractivity contribution >= 4 is 5.69 Å². The number of rotatable bonds is 4. The van der Waals surface area contributed by atoms with Crippen LogP contribution >= 0.6 is 0 Å². The van der Waals surface area contributed by atoms with Crippen LogP contribution in [0.5, 0.6) is 0 Å². The van der Waals surface area contributed by atoms with Crippen LogP contribution in [0.4, 0.5) is 5.69 Å². The summed E-state index contributed by atoms with van der Waals surface area (Å²) in [7, 11) is 0. The number of hydrogen-bond acceptors (Lipinski definition) is 5. The van der Waals surface area contributed by atoms with Crippen molar-refractivity contribution in [2.24, 2.45) is 5.73 Å². The number of benzene rings is 1. The Kier molecular flexibility index (Phi) is 3.94. The fourth-order valence-corrected chi connectivity index (χ4v) is 1.36. The van der Waals surface area contributed by atoms with E-state index in [4.69, 9.17) is 5.73 Å². The number of aryl methyl sites for hydroxylation is 1. The van der Waals surface area contributed by atoms with E-state index in [-0.39, 0.29) is 17.8 Å². The number of hydrogen-bond donors (Lipinski definition) is 3. The molecule has 0 heterocycles. The van der Waals surface area contributed by atoms with Crippen molar-refractivity contribution in [3.05, 3.63) is 39.4 Å². The standard InChI is InChI=1S/C10H14N2O4/c1-6-2-3-7(4-8(6)12(15)16)10(14)9(13)5-11/h2-4,9-10,13-14H,5,11H2,1H3. The molecule has 0 saturated carbocycles. The first kappa shape index (κ1) is 12.6. The van der Waals surface area contributed by atoms with E-state index >= 15 is 0 Å². The zero-order chi connectivity index (χ0) is 12.3. The van der Waals surface area contributed by atoms with Crippen molar-refractivity contribution in [1.29, 1.82) is 0 Å². The third-order valence-corrected chi connectivity index (χ3v) is 2.38. The predicted octanol–water partition coefficient (Wildman–Crippen LogP) is 0.256. The second kappa shape index (κ2) is 5.02. The van der Waals surface area contributed by atoms with Crippen LogP contribution in [0, 0.1) is 17.0 Å². The Hall–Kier alpha value is -1.50. The Bertz CT molecular complexity index is 394. The van der Waals surface area contributed by atoms with Crippen LogP contribution in [0.1, 0.15) is 17.2 Å². The van der Waals surface area contributed by atoms with E-state index in [9.17, 15) is 20.3 Å². The molecule has 0 amide bonds. The highest BCUT2D eigenvalue weighted by molar-refractivity contribution is 5.43. The van der Waals surface area contributed by atoms with Gasteiger partial charge in [0.1, 0.15) is 6.10 Å². The first-order valence-corrected chi connectivity index (χ1v) is 4.78. The molecule has 2 unspecified atom stereocenters. The summed E-state index contributed by atoms with van der Waals surface area (Å²) >= 11 is 0. The van der Waals surface area contributed by atoms with Gasteiger partial charge < -0.3 is 15.9 Å². The van der Waals surface area contributed by atoms with Crippen molar-refractivity contribution in [3.63, 3.8) is 0 Å². The van der Waals surface area contributed by atoms with Crippen molar-refractivity contribution < 1.29 is 15.1 Å². The lowest BCUT2D eigenvalue weighted by atomic mass is 10.0. The molecule has 1 rings (SSSR count). The minimum atomic E-state index is -1.20. The maximum Gasteiger partial charge on any atom is 0.272 e. The second-order valence-electron chi connectivity index (χ2n) is 3.55. The Morgan fingerprint density at radius 1 is 1.50 bits per heavy atom. The van der Waals surface area contributed by atoms with Gasteiger partial charge in [-0.25, -0.2) is 0 Å². The molecule has 0 fully saturated rings. The van der Waals surface area contributed by atoms with Crippen LogP contribution in [-0.4, -0.2) is 27.8 Å². The lowest BCUT2D eigenvalue weighted by Gasteiger charge is -2.16. The van der Waals surface area contributed by atoms with E-state index < -0.39 is 17.1 Å². The lowest BCUT2D eigenvalue weighted by molar-refractivity contribution is -0.385. The summed E-state index contributed by atoms with van der Waals surface area (Å²) in [5.41, 5.74) is 5.90. The summed E-state index contributed by atoms with van der Waals surface area (Å²) in [5.74, 6) is 0. The van der Waals surface area contributed by atoms with Gasteiger partial charge in [0.25, 0.3) is 5.69 Å². The molecule has 0 bridgehead atoms. The first-order chi connectivity index (χ1) is 7.47. The van der Waals surface area contributed by atoms with E-state index in [1.807, 2.05) is 0 Å². The Balaban J connectivity index is 3.07. The topological polar surface area (TPSA) is 110 Å². The smallest absolute Gasteiger partial charge is 0.272 e. The SMILES string of the molecule is Cc1ccc(C(O)C(O)CN)cc1[N+](=O)[O-]. The fourth-order valence-electron chi connectivity index (χ4n) is 1.36. The molecule has 0 aliphatic carbocycles. The van der Waals surface area contributed by atoms with Crippen LogP contribution in [-0.2, 0) is 0 Å². The molecular formula is C10H14N2O4. The average molecular weight is 226 g/mol. The molecule has 88 valence electrons. The average Bonchev–Trinajstić information content (AvgIpc) is 2.27. The predicted molar refractivity (Wildman–Crippen MR) is 57.9 cm³/mol. The largest absolute Gasteiger partial charge is 0.389 e. The van der Waals surface area contributed by atoms with Crippen molar-refractivity contribution in [2.45, 2.75) is 19.1 Å². The van der Waals surface area contributed by atoms with Crippen LogP contribution in [0.15, 0.2) is 18.2 Å². The molecule has 16 heavy (non-hydrogen) atoms. The summed E-state index contributed by atoms with van der Waals surface area (Å²) in [4.78, 5) is 10.1. The molecule has 6 nitrogen and oxygen atoms in total. The molecule has 0 saturated heterocycles. The van der Waals surface area contributed by atoms with Gasteiger partial charge >= 0.3 is 0 Å². The molecule has 0 spiro atoms. The van der Waals surface area contributed by atoms with E-state index in [1.165, 1.54) is 18.2 Å². The maximum atomic E-state index is 10.7. The number of aliphatic hydroxyl groups is 2. The summed E-state index contributed by atoms with van der Waals surface area (Å²) in [5, 5.41) is 29.6. The molecule has 6 heteroatoms. The summed E-state index contributed by atoms with van der Waals surface area (Å²) < 4.78 is 0. The number of nitrogens with two attached hydrogens (primary N) is 1. The normalized spacial score (nSPS) is 14.5. The maximum absolute atomic E-state index is 10.7. The zero-order valence-corrected chi connectivity index (χ0v) is 8.83. The Labute approximate surface area is 92.5 Å². The molecule has 0 aromatic heterocycles. The van der Waals surface area contributed by atoms with Gasteiger partial charge in [0, 0.05) is 18.2 Å².